The van der Waals surface area contributed by atoms with Gasteiger partial charge in [-0.3, -0.25) is 0 Å². The molecule has 1 aliphatic carbocycles. The van der Waals surface area contributed by atoms with E-state index in [2.05, 4.69) is 21.5 Å². The van der Waals surface area contributed by atoms with Crippen molar-refractivity contribution in [2.75, 3.05) is 12.3 Å². The molecule has 1 spiro atoms. The molecule has 0 amide bonds. The zero-order chi connectivity index (χ0) is 22.6. The predicted molar refractivity (Wildman–Crippen MR) is 121 cm³/mol. The van der Waals surface area contributed by atoms with E-state index in [0.29, 0.717) is 30.9 Å². The van der Waals surface area contributed by atoms with E-state index in [1.807, 2.05) is 53.7 Å². The monoisotopic (exact) mass is 436 g/mol. The summed E-state index contributed by atoms with van der Waals surface area (Å²) in [6.07, 6.45) is 8.02. The number of ether oxygens (including phenoxy) is 1. The maximum absolute atomic E-state index is 11.0. The smallest absolute Gasteiger partial charge is 0.145 e. The van der Waals surface area contributed by atoms with Gasteiger partial charge >= 0.3 is 0 Å². The van der Waals surface area contributed by atoms with Gasteiger partial charge in [0, 0.05) is 29.7 Å². The van der Waals surface area contributed by atoms with Gasteiger partial charge in [-0.05, 0) is 44.4 Å². The molecule has 2 aliphatic rings. The van der Waals surface area contributed by atoms with Gasteiger partial charge in [-0.25, -0.2) is 15.0 Å². The molecule has 0 radical (unpaired) electrons. The SMILES string of the molecule is C=C(/C=C\n1c(C)cnc1C)[C@H]1C[C@@]2(CO1)C[C@@H](n1ccc3c(N)ncnc31)[C@H](O)[C@@H]2O. The van der Waals surface area contributed by atoms with Crippen LogP contribution in [0.15, 0.2) is 43.0 Å². The fourth-order valence-electron chi connectivity index (χ4n) is 5.16. The number of nitrogen functional groups attached to an aromatic ring is 1. The van der Waals surface area contributed by atoms with Crippen molar-refractivity contribution in [3.8, 4) is 0 Å². The third kappa shape index (κ3) is 3.16. The molecule has 3 aromatic heterocycles. The largest absolute Gasteiger partial charge is 0.390 e. The molecule has 0 aromatic carbocycles. The zero-order valence-corrected chi connectivity index (χ0v) is 18.2. The molecule has 0 bridgehead atoms. The number of rotatable bonds is 4. The first-order valence-corrected chi connectivity index (χ1v) is 10.7. The lowest BCUT2D eigenvalue weighted by Crippen LogP contribution is -2.37. The van der Waals surface area contributed by atoms with Crippen LogP contribution in [0.3, 0.4) is 0 Å². The first kappa shape index (κ1) is 20.9. The van der Waals surface area contributed by atoms with Gasteiger partial charge in [0.2, 0.25) is 0 Å². The molecule has 1 aliphatic heterocycles. The minimum absolute atomic E-state index is 0.227. The fourth-order valence-corrected chi connectivity index (χ4v) is 5.16. The van der Waals surface area contributed by atoms with Crippen LogP contribution in [-0.4, -0.2) is 59.2 Å². The molecule has 3 aromatic rings. The molecule has 4 heterocycles. The van der Waals surface area contributed by atoms with Gasteiger partial charge in [0.25, 0.3) is 0 Å². The summed E-state index contributed by atoms with van der Waals surface area (Å²) in [6, 6.07) is 1.51. The highest BCUT2D eigenvalue weighted by Gasteiger charge is 2.57. The number of hydrogen-bond acceptors (Lipinski definition) is 7. The highest BCUT2D eigenvalue weighted by atomic mass is 16.5. The Bertz CT molecular complexity index is 1190. The Morgan fingerprint density at radius 2 is 2.09 bits per heavy atom. The first-order valence-electron chi connectivity index (χ1n) is 10.7. The second-order valence-electron chi connectivity index (χ2n) is 9.00. The van der Waals surface area contributed by atoms with E-state index in [-0.39, 0.29) is 12.1 Å². The van der Waals surface area contributed by atoms with Crippen molar-refractivity contribution in [3.63, 3.8) is 0 Å². The number of nitrogens with two attached hydrogens (primary N) is 1. The average molecular weight is 437 g/mol. The molecule has 5 rings (SSSR count). The molecular weight excluding hydrogens is 408 g/mol. The molecule has 1 saturated heterocycles. The Morgan fingerprint density at radius 1 is 1.28 bits per heavy atom. The topological polar surface area (TPSA) is 124 Å². The predicted octanol–water partition coefficient (Wildman–Crippen LogP) is 2.00. The Labute approximate surface area is 185 Å². The van der Waals surface area contributed by atoms with E-state index in [1.165, 1.54) is 6.33 Å². The summed E-state index contributed by atoms with van der Waals surface area (Å²) in [6.45, 7) is 8.49. The van der Waals surface area contributed by atoms with Crippen molar-refractivity contribution in [3.05, 3.63) is 54.5 Å². The van der Waals surface area contributed by atoms with Crippen LogP contribution in [0.4, 0.5) is 5.82 Å². The highest BCUT2D eigenvalue weighted by Crippen LogP contribution is 2.52. The highest BCUT2D eigenvalue weighted by molar-refractivity contribution is 5.86. The number of hydrogen-bond donors (Lipinski definition) is 3. The second-order valence-corrected chi connectivity index (χ2v) is 9.00. The summed E-state index contributed by atoms with van der Waals surface area (Å²) in [4.78, 5) is 12.7. The fraction of sp³-hybridized carbons (Fsp3) is 0.435. The van der Waals surface area contributed by atoms with Gasteiger partial charge in [-0.1, -0.05) is 6.58 Å². The van der Waals surface area contributed by atoms with Crippen LogP contribution >= 0.6 is 0 Å². The normalized spacial score (nSPS) is 30.2. The molecule has 5 atom stereocenters. The number of aryl methyl sites for hydroxylation is 2. The Morgan fingerprint density at radius 3 is 2.84 bits per heavy atom. The van der Waals surface area contributed by atoms with Crippen molar-refractivity contribution in [1.82, 2.24) is 24.1 Å². The van der Waals surface area contributed by atoms with Crippen LogP contribution in [0.5, 0.6) is 0 Å². The standard InChI is InChI=1S/C23H28N6O3/c1-13(4-6-28-14(2)10-25-15(28)3)18-9-23(11-32-18)8-17(19(30)20(23)31)29-7-5-16-21(24)26-12-27-22(16)29/h4-7,10,12,17-20,30-31H,1,8-9,11H2,2-3H3,(H2,24,26,27)/b6-4-/t17-,18-,19+,20+,23-/m1/s1. The van der Waals surface area contributed by atoms with Gasteiger partial charge in [-0.2, -0.15) is 0 Å². The molecule has 2 fully saturated rings. The number of anilines is 1. The summed E-state index contributed by atoms with van der Waals surface area (Å²) >= 11 is 0. The molecule has 168 valence electrons. The molecule has 4 N–H and O–H groups in total. The van der Waals surface area contributed by atoms with Crippen LogP contribution in [0.1, 0.15) is 30.4 Å². The minimum atomic E-state index is -0.941. The van der Waals surface area contributed by atoms with E-state index in [9.17, 15) is 10.2 Å². The van der Waals surface area contributed by atoms with Crippen LogP contribution in [0.2, 0.25) is 0 Å². The van der Waals surface area contributed by atoms with Gasteiger partial charge in [0.1, 0.15) is 29.7 Å². The molecule has 1 saturated carbocycles. The second kappa shape index (κ2) is 7.54. The minimum Gasteiger partial charge on any atom is -0.390 e. The molecule has 9 heteroatoms. The molecule has 0 unspecified atom stereocenters. The van der Waals surface area contributed by atoms with Crippen molar-refractivity contribution in [1.29, 1.82) is 0 Å². The van der Waals surface area contributed by atoms with Crippen LogP contribution < -0.4 is 5.73 Å². The zero-order valence-electron chi connectivity index (χ0n) is 18.2. The van der Waals surface area contributed by atoms with Crippen molar-refractivity contribution >= 4 is 23.1 Å². The lowest BCUT2D eigenvalue weighted by Gasteiger charge is -2.26. The van der Waals surface area contributed by atoms with Gasteiger partial charge in [-0.15, -0.1) is 0 Å². The summed E-state index contributed by atoms with van der Waals surface area (Å²) in [5, 5.41) is 22.7. The number of nitrogens with zero attached hydrogens (tertiary/aromatic N) is 5. The van der Waals surface area contributed by atoms with E-state index in [1.54, 1.807) is 0 Å². The Kier molecular flexibility index (Phi) is 4.92. The van der Waals surface area contributed by atoms with Crippen LogP contribution in [0, 0.1) is 19.3 Å². The molecule has 32 heavy (non-hydrogen) atoms. The lowest BCUT2D eigenvalue weighted by molar-refractivity contribution is -0.0306. The van der Waals surface area contributed by atoms with E-state index < -0.39 is 17.6 Å². The quantitative estimate of drug-likeness (QED) is 0.534. The number of fused-ring (bicyclic) bond motifs is 1. The number of aliphatic hydroxyl groups is 2. The van der Waals surface area contributed by atoms with Crippen molar-refractivity contribution in [2.24, 2.45) is 5.41 Å². The Balaban J connectivity index is 1.36. The maximum Gasteiger partial charge on any atom is 0.145 e. The lowest BCUT2D eigenvalue weighted by atomic mass is 9.80. The van der Waals surface area contributed by atoms with Crippen molar-refractivity contribution in [2.45, 2.75) is 51.0 Å². The summed E-state index contributed by atoms with van der Waals surface area (Å²) in [5.74, 6) is 1.29. The third-order valence-corrected chi connectivity index (χ3v) is 7.04. The molecular formula is C23H28N6O3. The summed E-state index contributed by atoms with van der Waals surface area (Å²) in [5.41, 5.74) is 7.92. The molecule has 9 nitrogen and oxygen atoms in total. The Hall–Kier alpha value is -3.01. The third-order valence-electron chi connectivity index (χ3n) is 7.04. The van der Waals surface area contributed by atoms with E-state index >= 15 is 0 Å². The summed E-state index contributed by atoms with van der Waals surface area (Å²) < 4.78 is 9.95. The van der Waals surface area contributed by atoms with Gasteiger partial charge in [0.15, 0.2) is 0 Å². The van der Waals surface area contributed by atoms with Gasteiger partial charge < -0.3 is 29.8 Å². The summed E-state index contributed by atoms with van der Waals surface area (Å²) in [7, 11) is 0. The van der Waals surface area contributed by atoms with Crippen molar-refractivity contribution < 1.29 is 14.9 Å². The average Bonchev–Trinajstić information content (AvgIpc) is 3.52. The first-order chi connectivity index (χ1) is 15.3. The number of aliphatic hydroxyl groups excluding tert-OH is 2. The van der Waals surface area contributed by atoms with E-state index in [0.717, 1.165) is 22.5 Å². The van der Waals surface area contributed by atoms with E-state index in [4.69, 9.17) is 10.5 Å². The van der Waals surface area contributed by atoms with Crippen LogP contribution in [-0.2, 0) is 4.74 Å². The van der Waals surface area contributed by atoms with Gasteiger partial charge in [0.05, 0.1) is 30.2 Å². The number of aromatic nitrogens is 5. The van der Waals surface area contributed by atoms with Crippen LogP contribution in [0.25, 0.3) is 17.2 Å². The maximum atomic E-state index is 11.0. The number of imidazole rings is 1.